The normalized spacial score (nSPS) is 12.4. The fraction of sp³-hybridized carbons (Fsp3) is 0.455. The minimum absolute atomic E-state index is 0.0813. The molecule has 0 saturated carbocycles. The van der Waals surface area contributed by atoms with Crippen molar-refractivity contribution in [3.8, 4) is 0 Å². The average Bonchev–Trinajstić information content (AvgIpc) is 2.24. The van der Waals surface area contributed by atoms with E-state index in [4.69, 9.17) is 16.7 Å². The third kappa shape index (κ3) is 3.20. The molecule has 102 valence electrons. The van der Waals surface area contributed by atoms with Gasteiger partial charge in [-0.15, -0.1) is 0 Å². The quantitative estimate of drug-likeness (QED) is 0.902. The van der Waals surface area contributed by atoms with Crippen LogP contribution in [-0.4, -0.2) is 37.0 Å². The van der Waals surface area contributed by atoms with E-state index in [-0.39, 0.29) is 24.2 Å². The van der Waals surface area contributed by atoms with Crippen molar-refractivity contribution in [3.05, 3.63) is 29.0 Å². The molecule has 7 heteroatoms. The molecule has 1 aromatic rings. The molecular weight excluding hydrogens is 281 g/mol. The van der Waals surface area contributed by atoms with Gasteiger partial charge in [0.1, 0.15) is 10.7 Å². The van der Waals surface area contributed by atoms with Crippen LogP contribution < -0.4 is 0 Å². The number of aliphatic hydroxyl groups excluding tert-OH is 1. The zero-order valence-electron chi connectivity index (χ0n) is 10.1. The number of nitrogens with zero attached hydrogens (tertiary/aromatic N) is 1. The molecule has 0 bridgehead atoms. The predicted octanol–water partition coefficient (Wildman–Crippen LogP) is 1.87. The Bertz CT molecular complexity index is 519. The van der Waals surface area contributed by atoms with Gasteiger partial charge in [-0.2, -0.15) is 4.31 Å². The molecule has 0 atom stereocenters. The number of rotatable bonds is 5. The van der Waals surface area contributed by atoms with Crippen molar-refractivity contribution < 1.29 is 17.9 Å². The fourth-order valence-corrected chi connectivity index (χ4v) is 3.40. The first-order valence-electron chi connectivity index (χ1n) is 5.38. The molecule has 0 aromatic heterocycles. The average molecular weight is 296 g/mol. The van der Waals surface area contributed by atoms with Gasteiger partial charge in [-0.3, -0.25) is 0 Å². The molecule has 0 aliphatic rings. The van der Waals surface area contributed by atoms with Crippen molar-refractivity contribution in [1.82, 2.24) is 4.31 Å². The van der Waals surface area contributed by atoms with Crippen LogP contribution in [0, 0.1) is 5.82 Å². The Morgan fingerprint density at radius 3 is 2.50 bits per heavy atom. The lowest BCUT2D eigenvalue weighted by molar-refractivity contribution is 0.236. The number of aliphatic hydroxyl groups is 1. The number of hydrogen-bond acceptors (Lipinski definition) is 3. The summed E-state index contributed by atoms with van der Waals surface area (Å²) >= 11 is 5.58. The first kappa shape index (κ1) is 15.4. The van der Waals surface area contributed by atoms with Gasteiger partial charge in [0.05, 0.1) is 6.61 Å². The summed E-state index contributed by atoms with van der Waals surface area (Å²) in [4.78, 5) is -0.436. The van der Waals surface area contributed by atoms with E-state index in [9.17, 15) is 12.8 Å². The van der Waals surface area contributed by atoms with Crippen LogP contribution in [0.2, 0.25) is 5.02 Å². The van der Waals surface area contributed by atoms with E-state index < -0.39 is 20.7 Å². The third-order valence-electron chi connectivity index (χ3n) is 2.38. The fourth-order valence-electron chi connectivity index (χ4n) is 1.57. The van der Waals surface area contributed by atoms with Gasteiger partial charge in [-0.05, 0) is 32.0 Å². The van der Waals surface area contributed by atoms with Crippen LogP contribution in [0.25, 0.3) is 0 Å². The van der Waals surface area contributed by atoms with Gasteiger partial charge >= 0.3 is 0 Å². The summed E-state index contributed by atoms with van der Waals surface area (Å²) in [6.07, 6.45) is 0. The summed E-state index contributed by atoms with van der Waals surface area (Å²) in [6, 6.07) is 3.01. The molecule has 0 radical (unpaired) electrons. The molecule has 0 fully saturated rings. The van der Waals surface area contributed by atoms with Crippen molar-refractivity contribution in [2.45, 2.75) is 24.8 Å². The number of hydrogen-bond donors (Lipinski definition) is 1. The largest absolute Gasteiger partial charge is 0.395 e. The van der Waals surface area contributed by atoms with Gasteiger partial charge in [0.25, 0.3) is 0 Å². The SMILES string of the molecule is CC(C)N(CCO)S(=O)(=O)c1ccc(Cl)cc1F. The molecule has 0 heterocycles. The minimum atomic E-state index is -3.97. The van der Waals surface area contributed by atoms with Gasteiger partial charge < -0.3 is 5.11 Å². The smallest absolute Gasteiger partial charge is 0.246 e. The van der Waals surface area contributed by atoms with E-state index in [0.29, 0.717) is 0 Å². The number of sulfonamides is 1. The molecule has 0 saturated heterocycles. The van der Waals surface area contributed by atoms with Crippen LogP contribution in [0.1, 0.15) is 13.8 Å². The van der Waals surface area contributed by atoms with Crippen LogP contribution in [0.3, 0.4) is 0 Å². The Morgan fingerprint density at radius 1 is 1.44 bits per heavy atom. The van der Waals surface area contributed by atoms with Crippen molar-refractivity contribution in [1.29, 1.82) is 0 Å². The summed E-state index contributed by atoms with van der Waals surface area (Å²) < 4.78 is 39.2. The van der Waals surface area contributed by atoms with Gasteiger partial charge in [0.15, 0.2) is 0 Å². The molecule has 0 spiro atoms. The van der Waals surface area contributed by atoms with E-state index >= 15 is 0 Å². The zero-order valence-corrected chi connectivity index (χ0v) is 11.7. The molecule has 1 aromatic carbocycles. The van der Waals surface area contributed by atoms with Crippen molar-refractivity contribution in [3.63, 3.8) is 0 Å². The Kier molecular flexibility index (Phi) is 5.10. The topological polar surface area (TPSA) is 57.6 Å². The number of halogens is 2. The summed E-state index contributed by atoms with van der Waals surface area (Å²) in [5.74, 6) is -0.897. The number of benzene rings is 1. The molecule has 4 nitrogen and oxygen atoms in total. The molecular formula is C11H15ClFNO3S. The van der Waals surface area contributed by atoms with Crippen LogP contribution in [0.5, 0.6) is 0 Å². The second-order valence-corrected chi connectivity index (χ2v) is 6.30. The lowest BCUT2D eigenvalue weighted by atomic mass is 10.3. The molecule has 1 rings (SSSR count). The molecule has 0 amide bonds. The molecule has 18 heavy (non-hydrogen) atoms. The van der Waals surface area contributed by atoms with Crippen LogP contribution in [-0.2, 0) is 10.0 Å². The monoisotopic (exact) mass is 295 g/mol. The maximum absolute atomic E-state index is 13.7. The van der Waals surface area contributed by atoms with Gasteiger partial charge in [0.2, 0.25) is 10.0 Å². The summed E-state index contributed by atoms with van der Waals surface area (Å²) in [5.41, 5.74) is 0. The van der Waals surface area contributed by atoms with E-state index in [1.54, 1.807) is 13.8 Å². The second-order valence-electron chi connectivity index (χ2n) is 4.01. The standard InChI is InChI=1S/C11H15ClFNO3S/c1-8(2)14(5-6-15)18(16,17)11-4-3-9(12)7-10(11)13/h3-4,7-8,15H,5-6H2,1-2H3. The highest BCUT2D eigenvalue weighted by molar-refractivity contribution is 7.89. The summed E-state index contributed by atoms with van der Waals surface area (Å²) in [5, 5.41) is 9.02. The minimum Gasteiger partial charge on any atom is -0.395 e. The Hall–Kier alpha value is -0.690. The van der Waals surface area contributed by atoms with E-state index in [0.717, 1.165) is 16.4 Å². The maximum atomic E-state index is 13.7. The van der Waals surface area contributed by atoms with Gasteiger partial charge in [-0.1, -0.05) is 11.6 Å². The predicted molar refractivity (Wildman–Crippen MR) is 67.5 cm³/mol. The van der Waals surface area contributed by atoms with Crippen LogP contribution in [0.4, 0.5) is 4.39 Å². The zero-order chi connectivity index (χ0) is 13.9. The molecule has 0 aliphatic heterocycles. The summed E-state index contributed by atoms with van der Waals surface area (Å²) in [6.45, 7) is 2.90. The first-order chi connectivity index (χ1) is 8.30. The highest BCUT2D eigenvalue weighted by Gasteiger charge is 2.29. The first-order valence-corrected chi connectivity index (χ1v) is 7.20. The summed E-state index contributed by atoms with van der Waals surface area (Å²) in [7, 11) is -3.97. The van der Waals surface area contributed by atoms with Gasteiger partial charge in [-0.25, -0.2) is 12.8 Å². The molecule has 1 N–H and O–H groups in total. The lowest BCUT2D eigenvalue weighted by Gasteiger charge is -2.25. The third-order valence-corrected chi connectivity index (χ3v) is 4.72. The van der Waals surface area contributed by atoms with Crippen LogP contribution >= 0.6 is 11.6 Å². The Labute approximate surface area is 111 Å². The van der Waals surface area contributed by atoms with Gasteiger partial charge in [0, 0.05) is 17.6 Å². The van der Waals surface area contributed by atoms with Crippen molar-refractivity contribution in [2.24, 2.45) is 0 Å². The van der Waals surface area contributed by atoms with E-state index in [1.807, 2.05) is 0 Å². The van der Waals surface area contributed by atoms with E-state index in [1.165, 1.54) is 6.07 Å². The lowest BCUT2D eigenvalue weighted by Crippen LogP contribution is -2.39. The Balaban J connectivity index is 3.26. The molecule has 0 unspecified atom stereocenters. The Morgan fingerprint density at radius 2 is 2.06 bits per heavy atom. The van der Waals surface area contributed by atoms with Crippen molar-refractivity contribution >= 4 is 21.6 Å². The van der Waals surface area contributed by atoms with Crippen LogP contribution in [0.15, 0.2) is 23.1 Å². The highest BCUT2D eigenvalue weighted by Crippen LogP contribution is 2.23. The van der Waals surface area contributed by atoms with E-state index in [2.05, 4.69) is 0 Å². The maximum Gasteiger partial charge on any atom is 0.246 e. The second kappa shape index (κ2) is 5.97. The highest BCUT2D eigenvalue weighted by atomic mass is 35.5. The van der Waals surface area contributed by atoms with Crippen molar-refractivity contribution in [2.75, 3.05) is 13.2 Å². The molecule has 0 aliphatic carbocycles.